The van der Waals surface area contributed by atoms with Crippen LogP contribution in [0.4, 0.5) is 13.6 Å². The number of likely N-dealkylation sites (tertiary alicyclic amines) is 1. The zero-order chi connectivity index (χ0) is 32.7. The van der Waals surface area contributed by atoms with Crippen molar-refractivity contribution >= 4 is 17.9 Å². The van der Waals surface area contributed by atoms with Crippen LogP contribution in [0.25, 0.3) is 0 Å². The number of likely N-dealkylation sites (N-methyl/N-ethyl adjacent to an activating group) is 2. The van der Waals surface area contributed by atoms with Gasteiger partial charge < -0.3 is 24.6 Å². The minimum absolute atomic E-state index is 0.0180. The van der Waals surface area contributed by atoms with Gasteiger partial charge in [0.15, 0.2) is 11.4 Å². The third-order valence-electron chi connectivity index (χ3n) is 8.01. The maximum atomic E-state index is 14.3. The number of fused-ring (bicyclic) bond motifs is 1. The van der Waals surface area contributed by atoms with E-state index in [2.05, 4.69) is 5.32 Å². The number of pyridine rings is 1. The standard InChI is InChI=1S/C32H35F2N5O6/c1-31(2,3)45-30(43)38-14-13-32(19-38)36(4)29(42)25-27(44-18-20-9-7-6-8-10-20)26(40)23(17-39(25)37(32)5)28(41)35-16-21-11-12-22(33)15-24(21)34/h6-12,15,17H,13-14,16,18-19H2,1-5H3,(H,35,41). The third-order valence-corrected chi connectivity index (χ3v) is 8.01. The van der Waals surface area contributed by atoms with Crippen molar-refractivity contribution in [2.24, 2.45) is 0 Å². The molecule has 0 saturated carbocycles. The number of hydrogen-bond donors (Lipinski definition) is 1. The topological polar surface area (TPSA) is 113 Å². The number of aromatic nitrogens is 1. The van der Waals surface area contributed by atoms with Gasteiger partial charge in [-0.15, -0.1) is 0 Å². The highest BCUT2D eigenvalue weighted by molar-refractivity contribution is 6.00. The first-order valence-electron chi connectivity index (χ1n) is 14.4. The molecule has 1 fully saturated rings. The molecule has 2 aromatic carbocycles. The van der Waals surface area contributed by atoms with E-state index in [4.69, 9.17) is 9.47 Å². The molecule has 1 atom stereocenters. The van der Waals surface area contributed by atoms with Crippen LogP contribution in [0.15, 0.2) is 59.5 Å². The minimum atomic E-state index is -1.04. The van der Waals surface area contributed by atoms with Crippen LogP contribution in [-0.4, -0.2) is 70.8 Å². The molecule has 1 unspecified atom stereocenters. The van der Waals surface area contributed by atoms with Crippen LogP contribution in [0.5, 0.6) is 5.75 Å². The summed E-state index contributed by atoms with van der Waals surface area (Å²) in [6.45, 7) is 5.29. The summed E-state index contributed by atoms with van der Waals surface area (Å²) < 4.78 is 40.5. The highest BCUT2D eigenvalue weighted by Gasteiger charge is 2.53. The number of hydrogen-bond acceptors (Lipinski definition) is 7. The first-order chi connectivity index (χ1) is 21.2. The minimum Gasteiger partial charge on any atom is -0.482 e. The number of carbonyl (C=O) groups excluding carboxylic acids is 3. The summed E-state index contributed by atoms with van der Waals surface area (Å²) in [5.41, 5.74) is -2.30. The van der Waals surface area contributed by atoms with E-state index < -0.39 is 46.2 Å². The van der Waals surface area contributed by atoms with Crippen molar-refractivity contribution in [1.82, 2.24) is 19.8 Å². The summed E-state index contributed by atoms with van der Waals surface area (Å²) in [6.07, 6.45) is 1.06. The van der Waals surface area contributed by atoms with Crippen LogP contribution >= 0.6 is 0 Å². The van der Waals surface area contributed by atoms with Gasteiger partial charge in [-0.2, -0.15) is 0 Å². The fourth-order valence-electron chi connectivity index (χ4n) is 5.54. The number of rotatable bonds is 6. The summed E-state index contributed by atoms with van der Waals surface area (Å²) in [4.78, 5) is 57.1. The van der Waals surface area contributed by atoms with Crippen molar-refractivity contribution in [2.45, 2.75) is 51.6 Å². The van der Waals surface area contributed by atoms with Crippen LogP contribution in [-0.2, 0) is 17.9 Å². The second-order valence-electron chi connectivity index (χ2n) is 12.1. The predicted molar refractivity (Wildman–Crippen MR) is 160 cm³/mol. The summed E-state index contributed by atoms with van der Waals surface area (Å²) in [7, 11) is 3.27. The van der Waals surface area contributed by atoms with Gasteiger partial charge in [-0.3, -0.25) is 24.1 Å². The van der Waals surface area contributed by atoms with E-state index >= 15 is 0 Å². The lowest BCUT2D eigenvalue weighted by Gasteiger charge is -2.51. The Labute approximate surface area is 258 Å². The quantitative estimate of drug-likeness (QED) is 0.446. The number of amides is 3. The lowest BCUT2D eigenvalue weighted by molar-refractivity contribution is 0.0200. The molecule has 13 heteroatoms. The Morgan fingerprint density at radius 1 is 1.04 bits per heavy atom. The first kappa shape index (κ1) is 31.5. The molecule has 3 heterocycles. The molecular weight excluding hydrogens is 588 g/mol. The Hall–Kier alpha value is -4.94. The van der Waals surface area contributed by atoms with E-state index in [0.29, 0.717) is 19.0 Å². The molecule has 3 aromatic rings. The SMILES string of the molecule is CN1C(=O)c2c(OCc3ccccc3)c(=O)c(C(=O)NCc3ccc(F)cc3F)cn2N(C)C12CCN(C(=O)OC(C)(C)C)C2. The Kier molecular flexibility index (Phi) is 8.30. The summed E-state index contributed by atoms with van der Waals surface area (Å²) in [5, 5.41) is 4.20. The summed E-state index contributed by atoms with van der Waals surface area (Å²) in [6, 6.07) is 12.0. The van der Waals surface area contributed by atoms with E-state index in [1.54, 1.807) is 64.1 Å². The molecule has 3 amide bonds. The summed E-state index contributed by atoms with van der Waals surface area (Å²) >= 11 is 0. The van der Waals surface area contributed by atoms with Crippen LogP contribution in [0.1, 0.15) is 59.2 Å². The number of carbonyl (C=O) groups is 3. The van der Waals surface area contributed by atoms with Gasteiger partial charge in [-0.1, -0.05) is 36.4 Å². The van der Waals surface area contributed by atoms with Crippen LogP contribution in [0.2, 0.25) is 0 Å². The normalized spacial score (nSPS) is 17.8. The second-order valence-corrected chi connectivity index (χ2v) is 12.1. The molecule has 2 aliphatic rings. The molecular formula is C32H35F2N5O6. The second kappa shape index (κ2) is 11.9. The van der Waals surface area contributed by atoms with Gasteiger partial charge in [0.25, 0.3) is 11.8 Å². The van der Waals surface area contributed by atoms with Gasteiger partial charge in [0.1, 0.15) is 35.1 Å². The van der Waals surface area contributed by atoms with Crippen LogP contribution in [0, 0.1) is 11.6 Å². The fourth-order valence-corrected chi connectivity index (χ4v) is 5.54. The molecule has 2 aliphatic heterocycles. The molecule has 5 rings (SSSR count). The maximum absolute atomic E-state index is 14.3. The van der Waals surface area contributed by atoms with Gasteiger partial charge in [0, 0.05) is 51.4 Å². The molecule has 0 radical (unpaired) electrons. The molecule has 238 valence electrons. The van der Waals surface area contributed by atoms with Crippen LogP contribution in [0.3, 0.4) is 0 Å². The number of benzene rings is 2. The third kappa shape index (κ3) is 6.06. The van der Waals surface area contributed by atoms with Gasteiger partial charge in [-0.05, 0) is 32.4 Å². The van der Waals surface area contributed by atoms with Crippen molar-refractivity contribution in [1.29, 1.82) is 0 Å². The molecule has 1 aromatic heterocycles. The van der Waals surface area contributed by atoms with E-state index in [-0.39, 0.29) is 42.3 Å². The van der Waals surface area contributed by atoms with Crippen LogP contribution < -0.4 is 20.5 Å². The van der Waals surface area contributed by atoms with Gasteiger partial charge >= 0.3 is 6.09 Å². The summed E-state index contributed by atoms with van der Waals surface area (Å²) in [5.74, 6) is -3.34. The van der Waals surface area contributed by atoms with Gasteiger partial charge in [-0.25, -0.2) is 13.6 Å². The first-order valence-corrected chi connectivity index (χ1v) is 14.4. The zero-order valence-electron chi connectivity index (χ0n) is 25.7. The van der Waals surface area contributed by atoms with E-state index in [1.807, 2.05) is 6.07 Å². The van der Waals surface area contributed by atoms with Crippen molar-refractivity contribution in [2.75, 3.05) is 32.2 Å². The monoisotopic (exact) mass is 623 g/mol. The Balaban J connectivity index is 1.54. The average Bonchev–Trinajstić information content (AvgIpc) is 3.44. The molecule has 45 heavy (non-hydrogen) atoms. The molecule has 1 N–H and O–H groups in total. The largest absolute Gasteiger partial charge is 0.482 e. The molecule has 1 spiro atoms. The fraction of sp³-hybridized carbons (Fsp3) is 0.375. The van der Waals surface area contributed by atoms with E-state index in [9.17, 15) is 28.0 Å². The Morgan fingerprint density at radius 2 is 1.76 bits per heavy atom. The average molecular weight is 624 g/mol. The van der Waals surface area contributed by atoms with Crippen molar-refractivity contribution in [3.63, 3.8) is 0 Å². The van der Waals surface area contributed by atoms with Crippen molar-refractivity contribution in [3.8, 4) is 5.75 Å². The lowest BCUT2D eigenvalue weighted by Crippen LogP contribution is -2.69. The molecule has 0 bridgehead atoms. The van der Waals surface area contributed by atoms with Crippen molar-refractivity contribution < 1.29 is 32.6 Å². The Morgan fingerprint density at radius 3 is 2.42 bits per heavy atom. The smallest absolute Gasteiger partial charge is 0.410 e. The van der Waals surface area contributed by atoms with Gasteiger partial charge in [0.2, 0.25) is 5.43 Å². The molecule has 11 nitrogen and oxygen atoms in total. The lowest BCUT2D eigenvalue weighted by atomic mass is 10.0. The zero-order valence-corrected chi connectivity index (χ0v) is 25.7. The maximum Gasteiger partial charge on any atom is 0.410 e. The number of halogens is 2. The number of ether oxygens (including phenoxy) is 2. The van der Waals surface area contributed by atoms with Crippen molar-refractivity contribution in [3.05, 3.63) is 99.0 Å². The molecule has 0 aliphatic carbocycles. The van der Waals surface area contributed by atoms with E-state index in [0.717, 1.165) is 11.6 Å². The number of nitrogens with one attached hydrogen (secondary N) is 1. The predicted octanol–water partition coefficient (Wildman–Crippen LogP) is 3.63. The number of nitrogens with zero attached hydrogens (tertiary/aromatic N) is 4. The highest BCUT2D eigenvalue weighted by Crippen LogP contribution is 2.36. The molecule has 1 saturated heterocycles. The van der Waals surface area contributed by atoms with E-state index in [1.165, 1.54) is 26.7 Å². The van der Waals surface area contributed by atoms with Gasteiger partial charge in [0.05, 0.1) is 6.54 Å². The highest BCUT2D eigenvalue weighted by atomic mass is 19.1. The Bertz CT molecular complexity index is 1710.